The molecule has 0 aliphatic rings. The van der Waals surface area contributed by atoms with Gasteiger partial charge in [-0.3, -0.25) is 4.79 Å². The van der Waals surface area contributed by atoms with Gasteiger partial charge in [0.05, 0.1) is 24.8 Å². The van der Waals surface area contributed by atoms with E-state index in [1.807, 2.05) is 26.8 Å². The lowest BCUT2D eigenvalue weighted by Gasteiger charge is -2.21. The SMILES string of the molecule is CCOc1ccc(C(=O)N[C@H](C)c2cc(C(C)C)c(OC)cc2C)cc1Cl. The summed E-state index contributed by atoms with van der Waals surface area (Å²) in [6.07, 6.45) is 0. The van der Waals surface area contributed by atoms with E-state index >= 15 is 0 Å². The zero-order valence-corrected chi connectivity index (χ0v) is 17.6. The van der Waals surface area contributed by atoms with Crippen LogP contribution < -0.4 is 14.8 Å². The Kier molecular flexibility index (Phi) is 7.14. The van der Waals surface area contributed by atoms with Gasteiger partial charge in [-0.15, -0.1) is 0 Å². The van der Waals surface area contributed by atoms with Gasteiger partial charge in [0, 0.05) is 5.56 Å². The van der Waals surface area contributed by atoms with Crippen molar-refractivity contribution in [2.45, 2.75) is 46.6 Å². The van der Waals surface area contributed by atoms with Gasteiger partial charge in [0.1, 0.15) is 11.5 Å². The lowest BCUT2D eigenvalue weighted by Crippen LogP contribution is -2.27. The summed E-state index contributed by atoms with van der Waals surface area (Å²) in [4.78, 5) is 12.7. The predicted molar refractivity (Wildman–Crippen MR) is 110 cm³/mol. The molecule has 27 heavy (non-hydrogen) atoms. The smallest absolute Gasteiger partial charge is 0.251 e. The van der Waals surface area contributed by atoms with E-state index in [1.165, 1.54) is 0 Å². The highest BCUT2D eigenvalue weighted by Crippen LogP contribution is 2.32. The standard InChI is InChI=1S/C22H28ClNO3/c1-7-27-20-9-8-16(11-19(20)23)22(25)24-15(5)18-12-17(13(2)3)21(26-6)10-14(18)4/h8-13,15H,7H2,1-6H3,(H,24,25)/t15-/m1/s1. The van der Waals surface area contributed by atoms with E-state index in [0.29, 0.717) is 28.9 Å². The number of amides is 1. The Morgan fingerprint density at radius 3 is 2.37 bits per heavy atom. The van der Waals surface area contributed by atoms with E-state index in [-0.39, 0.29) is 11.9 Å². The van der Waals surface area contributed by atoms with Crippen LogP contribution in [0.15, 0.2) is 30.3 Å². The third-order valence-electron chi connectivity index (χ3n) is 4.55. The molecule has 0 spiro atoms. The zero-order valence-electron chi connectivity index (χ0n) is 16.9. The molecule has 0 heterocycles. The van der Waals surface area contributed by atoms with Gasteiger partial charge in [0.15, 0.2) is 0 Å². The van der Waals surface area contributed by atoms with Crippen molar-refractivity contribution in [1.29, 1.82) is 0 Å². The molecule has 1 atom stereocenters. The fourth-order valence-corrected chi connectivity index (χ4v) is 3.32. The highest BCUT2D eigenvalue weighted by Gasteiger charge is 2.18. The maximum absolute atomic E-state index is 12.7. The minimum atomic E-state index is -0.172. The third-order valence-corrected chi connectivity index (χ3v) is 4.84. The molecule has 0 unspecified atom stereocenters. The number of benzene rings is 2. The van der Waals surface area contributed by atoms with Gasteiger partial charge in [-0.25, -0.2) is 0 Å². The summed E-state index contributed by atoms with van der Waals surface area (Å²) in [5, 5.41) is 3.49. The Hall–Kier alpha value is -2.20. The number of nitrogens with one attached hydrogen (secondary N) is 1. The molecule has 2 rings (SSSR count). The molecular formula is C22H28ClNO3. The summed E-state index contributed by atoms with van der Waals surface area (Å²) < 4.78 is 10.9. The van der Waals surface area contributed by atoms with Crippen molar-refractivity contribution in [2.24, 2.45) is 0 Å². The molecule has 2 aromatic rings. The Labute approximate surface area is 166 Å². The second-order valence-electron chi connectivity index (χ2n) is 6.88. The Morgan fingerprint density at radius 1 is 1.11 bits per heavy atom. The van der Waals surface area contributed by atoms with E-state index in [0.717, 1.165) is 22.4 Å². The Morgan fingerprint density at radius 2 is 1.81 bits per heavy atom. The van der Waals surface area contributed by atoms with E-state index < -0.39 is 0 Å². The highest BCUT2D eigenvalue weighted by atomic mass is 35.5. The van der Waals surface area contributed by atoms with Crippen molar-refractivity contribution in [1.82, 2.24) is 5.32 Å². The van der Waals surface area contributed by atoms with E-state index in [1.54, 1.807) is 25.3 Å². The van der Waals surface area contributed by atoms with Gasteiger partial charge in [-0.2, -0.15) is 0 Å². The summed E-state index contributed by atoms with van der Waals surface area (Å²) in [6, 6.07) is 9.08. The number of halogens is 1. The molecule has 0 aliphatic carbocycles. The van der Waals surface area contributed by atoms with Crippen molar-refractivity contribution in [3.8, 4) is 11.5 Å². The molecule has 0 aliphatic heterocycles. The highest BCUT2D eigenvalue weighted by molar-refractivity contribution is 6.32. The van der Waals surface area contributed by atoms with Crippen LogP contribution in [-0.2, 0) is 0 Å². The molecule has 0 saturated carbocycles. The molecular weight excluding hydrogens is 362 g/mol. The third kappa shape index (κ3) is 4.95. The summed E-state index contributed by atoms with van der Waals surface area (Å²) in [7, 11) is 1.68. The first kappa shape index (κ1) is 21.1. The molecule has 1 N–H and O–H groups in total. The molecule has 0 radical (unpaired) electrons. The number of carbonyl (C=O) groups is 1. The van der Waals surface area contributed by atoms with E-state index in [4.69, 9.17) is 21.1 Å². The maximum Gasteiger partial charge on any atom is 0.251 e. The first-order valence-electron chi connectivity index (χ1n) is 9.20. The normalized spacial score (nSPS) is 12.0. The van der Waals surface area contributed by atoms with Crippen LogP contribution in [0.3, 0.4) is 0 Å². The number of aryl methyl sites for hydroxylation is 1. The van der Waals surface area contributed by atoms with Crippen molar-refractivity contribution in [2.75, 3.05) is 13.7 Å². The zero-order chi connectivity index (χ0) is 20.1. The molecule has 2 aromatic carbocycles. The first-order valence-corrected chi connectivity index (χ1v) is 9.57. The van der Waals surface area contributed by atoms with Gasteiger partial charge in [0.25, 0.3) is 5.91 Å². The van der Waals surface area contributed by atoms with Crippen LogP contribution in [-0.4, -0.2) is 19.6 Å². The van der Waals surface area contributed by atoms with E-state index in [9.17, 15) is 4.79 Å². The van der Waals surface area contributed by atoms with Crippen LogP contribution in [0.25, 0.3) is 0 Å². The summed E-state index contributed by atoms with van der Waals surface area (Å²) in [5.41, 5.74) is 3.78. The van der Waals surface area contributed by atoms with Gasteiger partial charge < -0.3 is 14.8 Å². The van der Waals surface area contributed by atoms with Gasteiger partial charge in [-0.1, -0.05) is 25.4 Å². The number of rotatable bonds is 7. The molecule has 0 bridgehead atoms. The van der Waals surface area contributed by atoms with Crippen LogP contribution in [0.4, 0.5) is 0 Å². The van der Waals surface area contributed by atoms with Gasteiger partial charge in [-0.05, 0) is 73.7 Å². The quantitative estimate of drug-likeness (QED) is 0.663. The predicted octanol–water partition coefficient (Wildman–Crippen LogP) is 5.67. The average Bonchev–Trinajstić information content (AvgIpc) is 2.62. The van der Waals surface area contributed by atoms with Crippen LogP contribution >= 0.6 is 11.6 Å². The Balaban J connectivity index is 2.24. The van der Waals surface area contributed by atoms with Crippen LogP contribution in [0.5, 0.6) is 11.5 Å². The maximum atomic E-state index is 12.7. The van der Waals surface area contributed by atoms with Crippen molar-refractivity contribution in [3.63, 3.8) is 0 Å². The molecule has 0 aromatic heterocycles. The first-order chi connectivity index (χ1) is 12.8. The molecule has 1 amide bonds. The number of methoxy groups -OCH3 is 1. The van der Waals surface area contributed by atoms with E-state index in [2.05, 4.69) is 25.2 Å². The lowest BCUT2D eigenvalue weighted by molar-refractivity contribution is 0.0940. The second kappa shape index (κ2) is 9.14. The largest absolute Gasteiger partial charge is 0.496 e. The molecule has 0 saturated heterocycles. The topological polar surface area (TPSA) is 47.6 Å². The minimum Gasteiger partial charge on any atom is -0.496 e. The van der Waals surface area contributed by atoms with Crippen molar-refractivity contribution >= 4 is 17.5 Å². The number of hydrogen-bond acceptors (Lipinski definition) is 3. The minimum absolute atomic E-state index is 0.147. The van der Waals surface area contributed by atoms with Crippen molar-refractivity contribution in [3.05, 3.63) is 57.6 Å². The number of ether oxygens (including phenoxy) is 2. The van der Waals surface area contributed by atoms with Gasteiger partial charge >= 0.3 is 0 Å². The lowest BCUT2D eigenvalue weighted by atomic mass is 9.93. The average molecular weight is 390 g/mol. The molecule has 5 heteroatoms. The summed E-state index contributed by atoms with van der Waals surface area (Å²) >= 11 is 6.20. The Bertz CT molecular complexity index is 817. The fourth-order valence-electron chi connectivity index (χ4n) is 3.08. The second-order valence-corrected chi connectivity index (χ2v) is 7.29. The molecule has 4 nitrogen and oxygen atoms in total. The summed E-state index contributed by atoms with van der Waals surface area (Å²) in [6.45, 7) is 10.7. The monoisotopic (exact) mass is 389 g/mol. The van der Waals surface area contributed by atoms with Crippen LogP contribution in [0.2, 0.25) is 5.02 Å². The van der Waals surface area contributed by atoms with Gasteiger partial charge in [0.2, 0.25) is 0 Å². The number of hydrogen-bond donors (Lipinski definition) is 1. The summed E-state index contributed by atoms with van der Waals surface area (Å²) in [5.74, 6) is 1.61. The molecule has 0 fully saturated rings. The van der Waals surface area contributed by atoms with Crippen LogP contribution in [0, 0.1) is 6.92 Å². The molecule has 146 valence electrons. The number of carbonyl (C=O) groups excluding carboxylic acids is 1. The fraction of sp³-hybridized carbons (Fsp3) is 0.409. The van der Waals surface area contributed by atoms with Crippen molar-refractivity contribution < 1.29 is 14.3 Å². The van der Waals surface area contributed by atoms with Crippen LogP contribution in [0.1, 0.15) is 66.7 Å².